The quantitative estimate of drug-likeness (QED) is 0.438. The Kier molecular flexibility index (Phi) is 6.76. The lowest BCUT2D eigenvalue weighted by atomic mass is 10.1. The van der Waals surface area contributed by atoms with Crippen LogP contribution in [-0.2, 0) is 0 Å². The maximum Gasteiger partial charge on any atom is 0.175 e. The number of thiocarbonyl (C=S) groups is 1. The second-order valence-electron chi connectivity index (χ2n) is 5.25. The molecule has 0 heterocycles. The van der Waals surface area contributed by atoms with Gasteiger partial charge in [-0.1, -0.05) is 67.1 Å². The fourth-order valence-electron chi connectivity index (χ4n) is 2.20. The van der Waals surface area contributed by atoms with Gasteiger partial charge >= 0.3 is 0 Å². The van der Waals surface area contributed by atoms with Crippen molar-refractivity contribution in [3.8, 4) is 23.5 Å². The summed E-state index contributed by atoms with van der Waals surface area (Å²) in [6.07, 6.45) is 11.1. The van der Waals surface area contributed by atoms with Crippen molar-refractivity contribution in [3.63, 3.8) is 0 Å². The van der Waals surface area contributed by atoms with Crippen molar-refractivity contribution in [3.05, 3.63) is 90.7 Å². The number of hydrogen-bond donors (Lipinski definition) is 2. The largest absolute Gasteiger partial charge is 0.332 e. The molecule has 0 unspecified atom stereocenters. The maximum absolute atomic E-state index is 5.51. The Bertz CT molecular complexity index is 855. The van der Waals surface area contributed by atoms with Crippen molar-refractivity contribution >= 4 is 23.0 Å². The van der Waals surface area contributed by atoms with E-state index in [4.69, 9.17) is 18.6 Å². The van der Waals surface area contributed by atoms with E-state index in [1.165, 1.54) is 0 Å². The molecule has 0 saturated carbocycles. The minimum absolute atomic E-state index is 0.442. The summed E-state index contributed by atoms with van der Waals surface area (Å²) in [6.45, 7) is 5.87. The zero-order valence-electron chi connectivity index (χ0n) is 14.1. The molecule has 0 spiro atoms. The molecule has 0 amide bonds. The van der Waals surface area contributed by atoms with Crippen molar-refractivity contribution in [2.75, 3.05) is 5.32 Å². The van der Waals surface area contributed by atoms with E-state index in [1.807, 2.05) is 61.5 Å². The van der Waals surface area contributed by atoms with Crippen LogP contribution in [0.15, 0.2) is 90.7 Å². The molecule has 0 fully saturated rings. The Morgan fingerprint density at radius 1 is 1.12 bits per heavy atom. The lowest BCUT2D eigenvalue weighted by Gasteiger charge is -2.13. The Morgan fingerprint density at radius 2 is 1.84 bits per heavy atom. The van der Waals surface area contributed by atoms with Crippen molar-refractivity contribution in [1.82, 2.24) is 5.32 Å². The predicted octanol–water partition coefficient (Wildman–Crippen LogP) is 5.29. The molecular weight excluding hydrogens is 324 g/mol. The maximum atomic E-state index is 5.51. The first-order valence-corrected chi connectivity index (χ1v) is 8.27. The summed E-state index contributed by atoms with van der Waals surface area (Å²) in [5.74, 6) is 2.60. The number of allylic oxidation sites excluding steroid dienone is 4. The van der Waals surface area contributed by atoms with Crippen LogP contribution in [0.2, 0.25) is 0 Å². The molecule has 0 aliphatic carbocycles. The van der Waals surface area contributed by atoms with Crippen LogP contribution in [0.4, 0.5) is 5.69 Å². The van der Waals surface area contributed by atoms with E-state index in [2.05, 4.69) is 41.3 Å². The van der Waals surface area contributed by atoms with Gasteiger partial charge in [0.1, 0.15) is 0 Å². The number of anilines is 1. The minimum atomic E-state index is 0.442. The van der Waals surface area contributed by atoms with Crippen LogP contribution in [0.3, 0.4) is 0 Å². The smallest absolute Gasteiger partial charge is 0.175 e. The summed E-state index contributed by atoms with van der Waals surface area (Å²) in [4.78, 5) is 0. The molecule has 2 aromatic carbocycles. The monoisotopic (exact) mass is 344 g/mol. The van der Waals surface area contributed by atoms with Gasteiger partial charge in [0.2, 0.25) is 0 Å². The van der Waals surface area contributed by atoms with Crippen LogP contribution in [0.5, 0.6) is 0 Å². The number of hydrogen-bond acceptors (Lipinski definition) is 1. The average molecular weight is 344 g/mol. The summed E-state index contributed by atoms with van der Waals surface area (Å²) in [6, 6.07) is 18.2. The molecule has 0 saturated heterocycles. The molecule has 2 rings (SSSR count). The molecule has 0 aromatic heterocycles. The first kappa shape index (κ1) is 18.3. The van der Waals surface area contributed by atoms with Crippen molar-refractivity contribution in [2.24, 2.45) is 0 Å². The minimum Gasteiger partial charge on any atom is -0.332 e. The lowest BCUT2D eigenvalue weighted by molar-refractivity contribution is 1.18. The third-order valence-electron chi connectivity index (χ3n) is 3.43. The van der Waals surface area contributed by atoms with Crippen LogP contribution in [-0.4, -0.2) is 5.11 Å². The zero-order chi connectivity index (χ0) is 18.1. The third-order valence-corrected chi connectivity index (χ3v) is 3.63. The highest BCUT2D eigenvalue weighted by Gasteiger charge is 2.04. The van der Waals surface area contributed by atoms with Crippen molar-refractivity contribution in [2.45, 2.75) is 6.92 Å². The van der Waals surface area contributed by atoms with Gasteiger partial charge in [0.25, 0.3) is 0 Å². The third kappa shape index (κ3) is 5.49. The van der Waals surface area contributed by atoms with Gasteiger partial charge in [0, 0.05) is 17.0 Å². The van der Waals surface area contributed by atoms with Crippen LogP contribution in [0.1, 0.15) is 6.92 Å². The van der Waals surface area contributed by atoms with Gasteiger partial charge in [-0.15, -0.1) is 6.42 Å². The van der Waals surface area contributed by atoms with Gasteiger partial charge in [-0.3, -0.25) is 0 Å². The fourth-order valence-corrected chi connectivity index (χ4v) is 2.44. The second kappa shape index (κ2) is 9.27. The summed E-state index contributed by atoms with van der Waals surface area (Å²) in [7, 11) is 0. The molecule has 0 aliphatic rings. The molecule has 0 bridgehead atoms. The molecule has 25 heavy (non-hydrogen) atoms. The highest BCUT2D eigenvalue weighted by molar-refractivity contribution is 7.80. The number of terminal acetylenes is 1. The molecule has 0 radical (unpaired) electrons. The molecule has 2 nitrogen and oxygen atoms in total. The molecular formula is C22H20N2S. The zero-order valence-corrected chi connectivity index (χ0v) is 14.9. The molecule has 0 aliphatic heterocycles. The second-order valence-corrected chi connectivity index (χ2v) is 5.66. The number of rotatable bonds is 5. The van der Waals surface area contributed by atoms with E-state index >= 15 is 0 Å². The van der Waals surface area contributed by atoms with Gasteiger partial charge in [0.15, 0.2) is 5.11 Å². The predicted molar refractivity (Wildman–Crippen MR) is 112 cm³/mol. The summed E-state index contributed by atoms with van der Waals surface area (Å²) >= 11 is 5.36. The highest BCUT2D eigenvalue weighted by Crippen LogP contribution is 2.22. The van der Waals surface area contributed by atoms with E-state index in [1.54, 1.807) is 0 Å². The Balaban J connectivity index is 2.06. The van der Waals surface area contributed by atoms with Gasteiger partial charge in [-0.2, -0.15) is 0 Å². The molecule has 2 aromatic rings. The van der Waals surface area contributed by atoms with E-state index < -0.39 is 0 Å². The number of benzene rings is 2. The normalized spacial score (nSPS) is 11.0. The van der Waals surface area contributed by atoms with E-state index in [0.29, 0.717) is 16.4 Å². The highest BCUT2D eigenvalue weighted by atomic mass is 32.1. The first-order chi connectivity index (χ1) is 12.1. The van der Waals surface area contributed by atoms with E-state index in [9.17, 15) is 0 Å². The van der Waals surface area contributed by atoms with Gasteiger partial charge in [-0.05, 0) is 48.5 Å². The SMILES string of the molecule is C#C/C(=C\C=C/C)C(=C)NC(=S)Nc1cccc(-c2ccccc2)c1. The topological polar surface area (TPSA) is 24.1 Å². The molecule has 3 heteroatoms. The van der Waals surface area contributed by atoms with Gasteiger partial charge < -0.3 is 10.6 Å². The summed E-state index contributed by atoms with van der Waals surface area (Å²) < 4.78 is 0. The van der Waals surface area contributed by atoms with Crippen LogP contribution in [0.25, 0.3) is 11.1 Å². The van der Waals surface area contributed by atoms with Crippen molar-refractivity contribution in [1.29, 1.82) is 0 Å². The van der Waals surface area contributed by atoms with E-state index in [-0.39, 0.29) is 0 Å². The standard InChI is InChI=1S/C22H20N2S/c1-4-6-11-18(5-2)17(3)23-22(25)24-21-15-10-14-20(16-21)19-12-8-7-9-13-19/h2,4,6-16H,3H2,1H3,(H2,23,24,25)/b6-4-,18-11+. The summed E-state index contributed by atoms with van der Waals surface area (Å²) in [5.41, 5.74) is 4.40. The number of nitrogens with one attached hydrogen (secondary N) is 2. The molecule has 0 atom stereocenters. The first-order valence-electron chi connectivity index (χ1n) is 7.86. The Hall–Kier alpha value is -3.09. The van der Waals surface area contributed by atoms with E-state index in [0.717, 1.165) is 16.8 Å². The van der Waals surface area contributed by atoms with Crippen LogP contribution < -0.4 is 10.6 Å². The Morgan fingerprint density at radius 3 is 2.52 bits per heavy atom. The average Bonchev–Trinajstić information content (AvgIpc) is 2.63. The van der Waals surface area contributed by atoms with Gasteiger partial charge in [-0.25, -0.2) is 0 Å². The summed E-state index contributed by atoms with van der Waals surface area (Å²) in [5, 5.41) is 6.63. The van der Waals surface area contributed by atoms with Crippen LogP contribution in [0, 0.1) is 12.3 Å². The molecule has 124 valence electrons. The van der Waals surface area contributed by atoms with Gasteiger partial charge in [0.05, 0.1) is 0 Å². The van der Waals surface area contributed by atoms with Crippen LogP contribution >= 0.6 is 12.2 Å². The van der Waals surface area contributed by atoms with Crippen molar-refractivity contribution < 1.29 is 0 Å². The Labute approximate surface area is 155 Å². The molecule has 2 N–H and O–H groups in total. The lowest BCUT2D eigenvalue weighted by Crippen LogP contribution is -2.28. The fraction of sp³-hybridized carbons (Fsp3) is 0.0455.